The van der Waals surface area contributed by atoms with Crippen LogP contribution in [0.5, 0.6) is 0 Å². The first-order valence-electron chi connectivity index (χ1n) is 7.68. The summed E-state index contributed by atoms with van der Waals surface area (Å²) in [6.45, 7) is 9.18. The van der Waals surface area contributed by atoms with Gasteiger partial charge in [0, 0.05) is 9.75 Å². The lowest BCUT2D eigenvalue weighted by atomic mass is 9.98. The molecule has 3 heteroatoms. The fourth-order valence-electron chi connectivity index (χ4n) is 2.97. The van der Waals surface area contributed by atoms with Gasteiger partial charge in [-0.2, -0.15) is 0 Å². The minimum Gasteiger partial charge on any atom is -0.372 e. The molecule has 0 amide bonds. The van der Waals surface area contributed by atoms with E-state index in [4.69, 9.17) is 4.74 Å². The van der Waals surface area contributed by atoms with Crippen LogP contribution in [0, 0.1) is 13.8 Å². The monoisotopic (exact) mass is 301 g/mol. The number of nitrogens with one attached hydrogen (secondary N) is 1. The first-order chi connectivity index (χ1) is 10.2. The third kappa shape index (κ3) is 3.05. The smallest absolute Gasteiger partial charge is 0.0725 e. The normalized spacial score (nSPS) is 15.2. The van der Waals surface area contributed by atoms with Gasteiger partial charge in [0.05, 0.1) is 19.3 Å². The highest BCUT2D eigenvalue weighted by atomic mass is 32.1. The lowest BCUT2D eigenvalue weighted by molar-refractivity contribution is 0.134. The summed E-state index contributed by atoms with van der Waals surface area (Å²) in [5.74, 6) is 0. The molecule has 0 saturated carbocycles. The van der Waals surface area contributed by atoms with Gasteiger partial charge in [-0.15, -0.1) is 11.3 Å². The molecule has 1 aliphatic heterocycles. The summed E-state index contributed by atoms with van der Waals surface area (Å²) in [7, 11) is 0. The van der Waals surface area contributed by atoms with Gasteiger partial charge in [-0.3, -0.25) is 0 Å². The Morgan fingerprint density at radius 1 is 1.19 bits per heavy atom. The molecule has 0 aliphatic carbocycles. The van der Waals surface area contributed by atoms with Crippen molar-refractivity contribution in [2.45, 2.75) is 46.4 Å². The average Bonchev–Trinajstić information content (AvgIpc) is 3.05. The Balaban J connectivity index is 1.97. The maximum atomic E-state index is 5.55. The van der Waals surface area contributed by atoms with Crippen molar-refractivity contribution < 1.29 is 4.74 Å². The van der Waals surface area contributed by atoms with E-state index in [-0.39, 0.29) is 0 Å². The van der Waals surface area contributed by atoms with Crippen LogP contribution in [-0.4, -0.2) is 6.54 Å². The Morgan fingerprint density at radius 3 is 2.71 bits per heavy atom. The second-order valence-electron chi connectivity index (χ2n) is 5.81. The number of thiophene rings is 1. The van der Waals surface area contributed by atoms with Crippen molar-refractivity contribution in [3.05, 3.63) is 56.3 Å². The van der Waals surface area contributed by atoms with Crippen molar-refractivity contribution >= 4 is 11.3 Å². The van der Waals surface area contributed by atoms with E-state index in [0.717, 1.165) is 26.2 Å². The Morgan fingerprint density at radius 2 is 2.00 bits per heavy atom. The van der Waals surface area contributed by atoms with E-state index in [1.807, 2.05) is 11.3 Å². The molecule has 2 nitrogen and oxygen atoms in total. The summed E-state index contributed by atoms with van der Waals surface area (Å²) >= 11 is 1.91. The third-order valence-corrected chi connectivity index (χ3v) is 5.24. The van der Waals surface area contributed by atoms with Crippen molar-refractivity contribution in [3.8, 4) is 0 Å². The first kappa shape index (κ1) is 14.8. The molecule has 1 aliphatic rings. The summed E-state index contributed by atoms with van der Waals surface area (Å²) in [6.07, 6.45) is 1.15. The minimum atomic E-state index is 0.301. The van der Waals surface area contributed by atoms with E-state index >= 15 is 0 Å². The Labute approximate surface area is 131 Å². The zero-order chi connectivity index (χ0) is 14.8. The van der Waals surface area contributed by atoms with Crippen molar-refractivity contribution in [2.24, 2.45) is 0 Å². The van der Waals surface area contributed by atoms with Gasteiger partial charge in [0.2, 0.25) is 0 Å². The van der Waals surface area contributed by atoms with Gasteiger partial charge in [0.1, 0.15) is 0 Å². The van der Waals surface area contributed by atoms with Gasteiger partial charge >= 0.3 is 0 Å². The first-order valence-corrected chi connectivity index (χ1v) is 8.50. The summed E-state index contributed by atoms with van der Waals surface area (Å²) in [6, 6.07) is 9.40. The molecule has 1 N–H and O–H groups in total. The molecule has 0 saturated heterocycles. The van der Waals surface area contributed by atoms with Crippen LogP contribution in [0.25, 0.3) is 0 Å². The predicted octanol–water partition coefficient (Wildman–Crippen LogP) is 4.48. The van der Waals surface area contributed by atoms with Gasteiger partial charge in [-0.25, -0.2) is 0 Å². The van der Waals surface area contributed by atoms with Gasteiger partial charge in [0.25, 0.3) is 0 Å². The molecule has 0 bridgehead atoms. The van der Waals surface area contributed by atoms with Crippen LogP contribution in [0.3, 0.4) is 0 Å². The highest BCUT2D eigenvalue weighted by molar-refractivity contribution is 7.12. The molecule has 2 aromatic rings. The molecule has 0 radical (unpaired) electrons. The van der Waals surface area contributed by atoms with Gasteiger partial charge < -0.3 is 10.1 Å². The van der Waals surface area contributed by atoms with Gasteiger partial charge in [-0.1, -0.05) is 25.1 Å². The molecule has 1 unspecified atom stereocenters. The van der Waals surface area contributed by atoms with Crippen LogP contribution in [0.4, 0.5) is 0 Å². The summed E-state index contributed by atoms with van der Waals surface area (Å²) in [4.78, 5) is 2.83. The van der Waals surface area contributed by atoms with E-state index in [2.05, 4.69) is 50.4 Å². The largest absolute Gasteiger partial charge is 0.372 e. The van der Waals surface area contributed by atoms with Crippen LogP contribution in [0.15, 0.2) is 24.3 Å². The number of ether oxygens (including phenoxy) is 1. The lowest BCUT2D eigenvalue weighted by Crippen LogP contribution is -2.23. The molecule has 21 heavy (non-hydrogen) atoms. The average molecular weight is 301 g/mol. The standard InChI is InChI=1S/C18H23NOS/c1-4-7-19-17(18-12(2)8-13(3)21-18)14-5-6-15-10-20-11-16(15)9-14/h5-6,8-9,17,19H,4,7,10-11H2,1-3H3. The highest BCUT2D eigenvalue weighted by Gasteiger charge is 2.20. The van der Waals surface area contributed by atoms with Crippen LogP contribution >= 0.6 is 11.3 Å². The summed E-state index contributed by atoms with van der Waals surface area (Å²) in [5, 5.41) is 3.72. The fraction of sp³-hybridized carbons (Fsp3) is 0.444. The number of hydrogen-bond donors (Lipinski definition) is 1. The molecule has 2 heterocycles. The van der Waals surface area contributed by atoms with E-state index in [9.17, 15) is 0 Å². The Hall–Kier alpha value is -1.16. The minimum absolute atomic E-state index is 0.301. The number of benzene rings is 1. The molecule has 0 spiro atoms. The van der Waals surface area contributed by atoms with Crippen molar-refractivity contribution in [1.29, 1.82) is 0 Å². The second kappa shape index (κ2) is 6.30. The van der Waals surface area contributed by atoms with E-state index < -0.39 is 0 Å². The molecule has 1 atom stereocenters. The van der Waals surface area contributed by atoms with Crippen molar-refractivity contribution in [1.82, 2.24) is 5.32 Å². The van der Waals surface area contributed by atoms with Gasteiger partial charge in [-0.05, 0) is 55.1 Å². The van der Waals surface area contributed by atoms with E-state index in [1.165, 1.54) is 32.0 Å². The van der Waals surface area contributed by atoms with Crippen molar-refractivity contribution in [2.75, 3.05) is 6.54 Å². The number of rotatable bonds is 5. The Kier molecular flexibility index (Phi) is 4.43. The van der Waals surface area contributed by atoms with E-state index in [1.54, 1.807) is 0 Å². The Bertz CT molecular complexity index is 632. The lowest BCUT2D eigenvalue weighted by Gasteiger charge is -2.20. The van der Waals surface area contributed by atoms with E-state index in [0.29, 0.717) is 6.04 Å². The zero-order valence-electron chi connectivity index (χ0n) is 13.0. The summed E-state index contributed by atoms with van der Waals surface area (Å²) < 4.78 is 5.55. The van der Waals surface area contributed by atoms with Crippen LogP contribution in [0.1, 0.15) is 51.4 Å². The molecule has 1 aromatic carbocycles. The number of fused-ring (bicyclic) bond motifs is 1. The summed E-state index contributed by atoms with van der Waals surface area (Å²) in [5.41, 5.74) is 5.44. The molecular weight excluding hydrogens is 278 g/mol. The predicted molar refractivity (Wildman–Crippen MR) is 88.9 cm³/mol. The zero-order valence-corrected chi connectivity index (χ0v) is 13.8. The SMILES string of the molecule is CCCNC(c1ccc2c(c1)COC2)c1sc(C)cc1C. The number of hydrogen-bond acceptors (Lipinski definition) is 3. The molecule has 112 valence electrons. The van der Waals surface area contributed by atoms with Gasteiger partial charge in [0.15, 0.2) is 0 Å². The number of aryl methyl sites for hydroxylation is 2. The maximum Gasteiger partial charge on any atom is 0.0725 e. The molecule has 3 rings (SSSR count). The topological polar surface area (TPSA) is 21.3 Å². The van der Waals surface area contributed by atoms with Crippen LogP contribution < -0.4 is 5.32 Å². The molecular formula is C18H23NOS. The quantitative estimate of drug-likeness (QED) is 0.879. The highest BCUT2D eigenvalue weighted by Crippen LogP contribution is 2.33. The maximum absolute atomic E-state index is 5.55. The van der Waals surface area contributed by atoms with Crippen LogP contribution in [-0.2, 0) is 18.0 Å². The van der Waals surface area contributed by atoms with Crippen molar-refractivity contribution in [3.63, 3.8) is 0 Å². The van der Waals surface area contributed by atoms with Crippen LogP contribution in [0.2, 0.25) is 0 Å². The second-order valence-corrected chi connectivity index (χ2v) is 7.10. The third-order valence-electron chi connectivity index (χ3n) is 4.02. The fourth-order valence-corrected chi connectivity index (χ4v) is 4.11. The molecule has 0 fully saturated rings. The molecule has 1 aromatic heterocycles.